The molecule has 0 atom stereocenters. The van der Waals surface area contributed by atoms with Crippen molar-refractivity contribution in [3.63, 3.8) is 0 Å². The standard InChI is InChI=1S/C9H10ClN3O/c1-5-7(10)4-8(13-12-5)11-9(14)6-2-3-6/h4,6H,2-3H2,1H3,(H,11,13,14). The number of aromatic nitrogens is 2. The Labute approximate surface area is 86.7 Å². The van der Waals surface area contributed by atoms with Crippen LogP contribution in [0.5, 0.6) is 0 Å². The number of nitrogens with one attached hydrogen (secondary N) is 1. The lowest BCUT2D eigenvalue weighted by molar-refractivity contribution is -0.117. The summed E-state index contributed by atoms with van der Waals surface area (Å²) < 4.78 is 0. The van der Waals surface area contributed by atoms with E-state index in [2.05, 4.69) is 15.5 Å². The van der Waals surface area contributed by atoms with Crippen LogP contribution in [-0.2, 0) is 4.79 Å². The summed E-state index contributed by atoms with van der Waals surface area (Å²) in [5, 5.41) is 10.8. The smallest absolute Gasteiger partial charge is 0.228 e. The highest BCUT2D eigenvalue weighted by Crippen LogP contribution is 2.30. The average molecular weight is 212 g/mol. The molecule has 1 N–H and O–H groups in total. The Morgan fingerprint density at radius 2 is 2.29 bits per heavy atom. The summed E-state index contributed by atoms with van der Waals surface area (Å²) in [5.41, 5.74) is 0.663. The Morgan fingerprint density at radius 1 is 1.57 bits per heavy atom. The minimum atomic E-state index is 0.0132. The number of rotatable bonds is 2. The van der Waals surface area contributed by atoms with Crippen molar-refractivity contribution in [3.8, 4) is 0 Å². The Bertz CT molecular complexity index is 376. The van der Waals surface area contributed by atoms with E-state index in [1.54, 1.807) is 13.0 Å². The molecule has 1 amide bonds. The summed E-state index contributed by atoms with van der Waals surface area (Å²) in [7, 11) is 0. The van der Waals surface area contributed by atoms with Crippen molar-refractivity contribution >= 4 is 23.3 Å². The lowest BCUT2D eigenvalue weighted by atomic mass is 10.3. The van der Waals surface area contributed by atoms with E-state index < -0.39 is 0 Å². The van der Waals surface area contributed by atoms with Gasteiger partial charge >= 0.3 is 0 Å². The lowest BCUT2D eigenvalue weighted by Crippen LogP contribution is -2.14. The zero-order valence-electron chi connectivity index (χ0n) is 7.75. The van der Waals surface area contributed by atoms with Crippen LogP contribution in [-0.4, -0.2) is 16.1 Å². The molecule has 1 aliphatic carbocycles. The minimum absolute atomic E-state index is 0.0132. The molecular weight excluding hydrogens is 202 g/mol. The molecule has 0 saturated heterocycles. The average Bonchev–Trinajstić information content (AvgIpc) is 2.94. The van der Waals surface area contributed by atoms with E-state index in [-0.39, 0.29) is 11.8 Å². The first-order valence-electron chi connectivity index (χ1n) is 4.47. The SMILES string of the molecule is Cc1nnc(NC(=O)C2CC2)cc1Cl. The molecule has 0 radical (unpaired) electrons. The molecule has 1 fully saturated rings. The highest BCUT2D eigenvalue weighted by atomic mass is 35.5. The number of halogens is 1. The summed E-state index contributed by atoms with van der Waals surface area (Å²) in [6.07, 6.45) is 1.94. The molecule has 4 nitrogen and oxygen atoms in total. The van der Waals surface area contributed by atoms with Crippen LogP contribution in [0.4, 0.5) is 5.82 Å². The molecule has 1 saturated carbocycles. The van der Waals surface area contributed by atoms with Crippen LogP contribution in [0.3, 0.4) is 0 Å². The number of aryl methyl sites for hydroxylation is 1. The predicted molar refractivity (Wildman–Crippen MR) is 53.1 cm³/mol. The predicted octanol–water partition coefficient (Wildman–Crippen LogP) is 1.79. The first-order valence-corrected chi connectivity index (χ1v) is 4.85. The van der Waals surface area contributed by atoms with E-state index in [0.717, 1.165) is 12.8 Å². The molecule has 1 aromatic rings. The van der Waals surface area contributed by atoms with Gasteiger partial charge in [0.05, 0.1) is 10.7 Å². The van der Waals surface area contributed by atoms with E-state index in [4.69, 9.17) is 11.6 Å². The first kappa shape index (κ1) is 9.40. The van der Waals surface area contributed by atoms with Gasteiger partial charge in [0.25, 0.3) is 0 Å². The Hall–Kier alpha value is -1.16. The summed E-state index contributed by atoms with van der Waals surface area (Å²) in [5.74, 6) is 0.605. The van der Waals surface area contributed by atoms with Gasteiger partial charge in [0.15, 0.2) is 5.82 Å². The van der Waals surface area contributed by atoms with Crippen molar-refractivity contribution in [2.45, 2.75) is 19.8 Å². The first-order chi connectivity index (χ1) is 6.66. The lowest BCUT2D eigenvalue weighted by Gasteiger charge is -2.03. The van der Waals surface area contributed by atoms with E-state index >= 15 is 0 Å². The van der Waals surface area contributed by atoms with Crippen LogP contribution >= 0.6 is 11.6 Å². The number of hydrogen-bond donors (Lipinski definition) is 1. The van der Waals surface area contributed by atoms with Crippen LogP contribution < -0.4 is 5.32 Å². The van der Waals surface area contributed by atoms with Crippen molar-refractivity contribution in [3.05, 3.63) is 16.8 Å². The summed E-state index contributed by atoms with van der Waals surface area (Å²) in [6.45, 7) is 1.77. The molecule has 0 aromatic carbocycles. The second-order valence-corrected chi connectivity index (χ2v) is 3.83. The molecule has 14 heavy (non-hydrogen) atoms. The third-order valence-electron chi connectivity index (χ3n) is 2.12. The quantitative estimate of drug-likeness (QED) is 0.812. The van der Waals surface area contributed by atoms with Crippen molar-refractivity contribution in [1.82, 2.24) is 10.2 Å². The van der Waals surface area contributed by atoms with Crippen LogP contribution in [0.1, 0.15) is 18.5 Å². The fraction of sp³-hybridized carbons (Fsp3) is 0.444. The second-order valence-electron chi connectivity index (χ2n) is 3.43. The Balaban J connectivity index is 2.08. The maximum absolute atomic E-state index is 11.3. The fourth-order valence-corrected chi connectivity index (χ4v) is 1.21. The number of carbonyl (C=O) groups excluding carboxylic acids is 1. The van der Waals surface area contributed by atoms with E-state index in [1.807, 2.05) is 0 Å². The molecule has 74 valence electrons. The highest BCUT2D eigenvalue weighted by molar-refractivity contribution is 6.31. The van der Waals surface area contributed by atoms with Gasteiger partial charge < -0.3 is 5.32 Å². The monoisotopic (exact) mass is 211 g/mol. The maximum Gasteiger partial charge on any atom is 0.228 e. The molecular formula is C9H10ClN3O. The number of amides is 1. The van der Waals surface area contributed by atoms with Gasteiger partial charge in [0, 0.05) is 12.0 Å². The highest BCUT2D eigenvalue weighted by Gasteiger charge is 2.29. The van der Waals surface area contributed by atoms with Gasteiger partial charge in [0.2, 0.25) is 5.91 Å². The Kier molecular flexibility index (Phi) is 2.37. The van der Waals surface area contributed by atoms with Crippen molar-refractivity contribution in [1.29, 1.82) is 0 Å². The molecule has 2 rings (SSSR count). The van der Waals surface area contributed by atoms with Gasteiger partial charge in [-0.05, 0) is 19.8 Å². The van der Waals surface area contributed by atoms with Crippen LogP contribution in [0.2, 0.25) is 5.02 Å². The van der Waals surface area contributed by atoms with Gasteiger partial charge in [0.1, 0.15) is 0 Å². The van der Waals surface area contributed by atoms with Gasteiger partial charge in [-0.1, -0.05) is 11.6 Å². The maximum atomic E-state index is 11.3. The largest absolute Gasteiger partial charge is 0.309 e. The number of anilines is 1. The molecule has 1 aromatic heterocycles. The van der Waals surface area contributed by atoms with Crippen LogP contribution in [0.15, 0.2) is 6.07 Å². The Morgan fingerprint density at radius 3 is 2.86 bits per heavy atom. The van der Waals surface area contributed by atoms with Crippen LogP contribution in [0, 0.1) is 12.8 Å². The third kappa shape index (κ3) is 2.01. The van der Waals surface area contributed by atoms with Gasteiger partial charge in [-0.15, -0.1) is 5.10 Å². The number of nitrogens with zero attached hydrogens (tertiary/aromatic N) is 2. The van der Waals surface area contributed by atoms with Gasteiger partial charge in [-0.25, -0.2) is 0 Å². The normalized spacial score (nSPS) is 15.3. The van der Waals surface area contributed by atoms with Crippen molar-refractivity contribution < 1.29 is 4.79 Å². The molecule has 0 bridgehead atoms. The van der Waals surface area contributed by atoms with Gasteiger partial charge in [-0.2, -0.15) is 5.10 Å². The topological polar surface area (TPSA) is 54.9 Å². The number of hydrogen-bond acceptors (Lipinski definition) is 3. The van der Waals surface area contributed by atoms with Crippen LogP contribution in [0.25, 0.3) is 0 Å². The van der Waals surface area contributed by atoms with Crippen molar-refractivity contribution in [2.75, 3.05) is 5.32 Å². The third-order valence-corrected chi connectivity index (χ3v) is 2.50. The molecule has 0 spiro atoms. The number of carbonyl (C=O) groups is 1. The summed E-state index contributed by atoms with van der Waals surface area (Å²) >= 11 is 5.84. The molecule has 5 heteroatoms. The zero-order chi connectivity index (χ0) is 10.1. The molecule has 0 aliphatic heterocycles. The van der Waals surface area contributed by atoms with E-state index in [0.29, 0.717) is 16.5 Å². The summed E-state index contributed by atoms with van der Waals surface area (Å²) in [6, 6.07) is 1.62. The second kappa shape index (κ2) is 3.53. The zero-order valence-corrected chi connectivity index (χ0v) is 8.51. The van der Waals surface area contributed by atoms with E-state index in [1.165, 1.54) is 0 Å². The minimum Gasteiger partial charge on any atom is -0.309 e. The van der Waals surface area contributed by atoms with Crippen molar-refractivity contribution in [2.24, 2.45) is 5.92 Å². The van der Waals surface area contributed by atoms with E-state index in [9.17, 15) is 4.79 Å². The summed E-state index contributed by atoms with van der Waals surface area (Å²) in [4.78, 5) is 11.3. The molecule has 1 heterocycles. The fourth-order valence-electron chi connectivity index (χ4n) is 1.06. The molecule has 1 aliphatic rings. The van der Waals surface area contributed by atoms with Gasteiger partial charge in [-0.3, -0.25) is 4.79 Å². The molecule has 0 unspecified atom stereocenters.